The fraction of sp³-hybridized carbons (Fsp3) is 0.393. The van der Waals surface area contributed by atoms with Crippen molar-refractivity contribution in [3.05, 3.63) is 65.4 Å². The van der Waals surface area contributed by atoms with Crippen molar-refractivity contribution < 1.29 is 28.3 Å². The van der Waals surface area contributed by atoms with E-state index in [9.17, 15) is 14.4 Å². The van der Waals surface area contributed by atoms with Crippen LogP contribution in [-0.2, 0) is 9.53 Å². The van der Waals surface area contributed by atoms with Gasteiger partial charge in [-0.25, -0.2) is 4.79 Å². The number of hydrogen-bond acceptors (Lipinski definition) is 6. The molecule has 36 heavy (non-hydrogen) atoms. The first kappa shape index (κ1) is 22.6. The second-order valence-corrected chi connectivity index (χ2v) is 10.0. The first-order chi connectivity index (χ1) is 17.5. The molecule has 6 rings (SSSR count). The number of carbonyl (C=O) groups is 3. The summed E-state index contributed by atoms with van der Waals surface area (Å²) in [6.45, 7) is 2.63. The minimum Gasteiger partial charge on any atom is -0.493 e. The largest absolute Gasteiger partial charge is 0.493 e. The quantitative estimate of drug-likeness (QED) is 0.512. The van der Waals surface area contributed by atoms with Crippen molar-refractivity contribution in [2.24, 2.45) is 5.41 Å². The lowest BCUT2D eigenvalue weighted by molar-refractivity contribution is -0.132. The lowest BCUT2D eigenvalue weighted by Gasteiger charge is -2.39. The van der Waals surface area contributed by atoms with E-state index in [-0.39, 0.29) is 29.6 Å². The van der Waals surface area contributed by atoms with Crippen LogP contribution in [0.25, 0.3) is 11.0 Å². The maximum atomic E-state index is 13.2. The van der Waals surface area contributed by atoms with E-state index in [4.69, 9.17) is 13.9 Å². The van der Waals surface area contributed by atoms with E-state index in [1.165, 1.54) is 0 Å². The summed E-state index contributed by atoms with van der Waals surface area (Å²) in [4.78, 5) is 42.1. The first-order valence-corrected chi connectivity index (χ1v) is 12.4. The van der Waals surface area contributed by atoms with Crippen LogP contribution in [0.1, 0.15) is 58.3 Å². The summed E-state index contributed by atoms with van der Waals surface area (Å²) in [7, 11) is 1.58. The number of ether oxygens (including phenoxy) is 2. The predicted molar refractivity (Wildman–Crippen MR) is 131 cm³/mol. The molecule has 3 aromatic rings. The van der Waals surface area contributed by atoms with E-state index >= 15 is 0 Å². The molecule has 4 heterocycles. The monoisotopic (exact) mass is 488 g/mol. The van der Waals surface area contributed by atoms with Gasteiger partial charge in [0.15, 0.2) is 17.1 Å². The maximum Gasteiger partial charge on any atom is 0.339 e. The van der Waals surface area contributed by atoms with Crippen molar-refractivity contribution in [1.29, 1.82) is 0 Å². The number of nitrogens with zero attached hydrogens (tertiary/aromatic N) is 2. The molecule has 3 aliphatic rings. The van der Waals surface area contributed by atoms with Crippen molar-refractivity contribution in [2.75, 3.05) is 33.3 Å². The lowest BCUT2D eigenvalue weighted by atomic mass is 9.77. The van der Waals surface area contributed by atoms with Gasteiger partial charge in [0.2, 0.25) is 5.91 Å². The van der Waals surface area contributed by atoms with Crippen molar-refractivity contribution in [3.63, 3.8) is 0 Å². The molecular formula is C28H28N2O6. The summed E-state index contributed by atoms with van der Waals surface area (Å²) < 4.78 is 16.7. The molecule has 2 fully saturated rings. The zero-order valence-electron chi connectivity index (χ0n) is 20.2. The average molecular weight is 489 g/mol. The van der Waals surface area contributed by atoms with Gasteiger partial charge in [0.25, 0.3) is 5.91 Å². The van der Waals surface area contributed by atoms with Crippen LogP contribution >= 0.6 is 0 Å². The molecule has 1 aromatic heterocycles. The number of cyclic esters (lactones) is 1. The molecule has 8 nitrogen and oxygen atoms in total. The highest BCUT2D eigenvalue weighted by molar-refractivity contribution is 5.97. The highest BCUT2D eigenvalue weighted by Gasteiger charge is 2.44. The maximum absolute atomic E-state index is 13.2. The van der Waals surface area contributed by atoms with E-state index in [0.717, 1.165) is 30.2 Å². The van der Waals surface area contributed by atoms with Crippen LogP contribution in [0.3, 0.4) is 0 Å². The third-order valence-electron chi connectivity index (χ3n) is 7.98. The van der Waals surface area contributed by atoms with Crippen LogP contribution in [0.5, 0.6) is 5.75 Å². The van der Waals surface area contributed by atoms with Gasteiger partial charge in [0.1, 0.15) is 6.10 Å². The molecule has 1 spiro atoms. The third-order valence-corrected chi connectivity index (χ3v) is 7.98. The van der Waals surface area contributed by atoms with Gasteiger partial charge in [-0.1, -0.05) is 30.3 Å². The molecule has 1 unspecified atom stereocenters. The predicted octanol–water partition coefficient (Wildman–Crippen LogP) is 4.20. The van der Waals surface area contributed by atoms with Crippen molar-refractivity contribution in [1.82, 2.24) is 9.80 Å². The van der Waals surface area contributed by atoms with Gasteiger partial charge in [0.05, 0.1) is 19.1 Å². The summed E-state index contributed by atoms with van der Waals surface area (Å²) in [5, 5.41) is 0.840. The van der Waals surface area contributed by atoms with Gasteiger partial charge in [-0.05, 0) is 42.9 Å². The van der Waals surface area contributed by atoms with Crippen molar-refractivity contribution in [2.45, 2.75) is 31.8 Å². The Morgan fingerprint density at radius 1 is 1.03 bits per heavy atom. The van der Waals surface area contributed by atoms with Crippen LogP contribution in [-0.4, -0.2) is 60.9 Å². The number of furan rings is 1. The highest BCUT2D eigenvalue weighted by Crippen LogP contribution is 2.42. The molecule has 2 amide bonds. The summed E-state index contributed by atoms with van der Waals surface area (Å²) in [5.74, 6) is 0.462. The van der Waals surface area contributed by atoms with Gasteiger partial charge in [-0.2, -0.15) is 0 Å². The molecule has 2 saturated heterocycles. The normalized spacial score (nSPS) is 20.6. The summed E-state index contributed by atoms with van der Waals surface area (Å²) in [6.07, 6.45) is 2.25. The fourth-order valence-electron chi connectivity index (χ4n) is 5.86. The van der Waals surface area contributed by atoms with E-state index in [1.54, 1.807) is 25.3 Å². The Hall–Kier alpha value is -3.81. The molecule has 0 bridgehead atoms. The van der Waals surface area contributed by atoms with E-state index in [2.05, 4.69) is 0 Å². The Morgan fingerprint density at radius 2 is 1.78 bits per heavy atom. The molecule has 1 atom stereocenters. The third kappa shape index (κ3) is 3.81. The number of rotatable bonds is 4. The molecule has 2 aromatic carbocycles. The molecule has 186 valence electrons. The number of benzene rings is 2. The first-order valence-electron chi connectivity index (χ1n) is 12.4. The Kier molecular flexibility index (Phi) is 5.47. The molecule has 3 aliphatic heterocycles. The molecule has 8 heteroatoms. The fourth-order valence-corrected chi connectivity index (χ4v) is 5.86. The standard InChI is InChI=1S/C28H28N2O6/c1-34-21-8-4-5-18-15-23(35-25(18)21)26(32)29-12-9-28(10-13-29)11-14-30(17-28)24(31)16-22-19-6-2-3-7-20(19)27(33)36-22/h2-8,15,22H,9-14,16-17H2,1H3. The second-order valence-electron chi connectivity index (χ2n) is 10.0. The minimum absolute atomic E-state index is 0.0103. The Labute approximate surface area is 208 Å². The number of carbonyl (C=O) groups excluding carboxylic acids is 3. The number of methoxy groups -OCH3 is 1. The van der Waals surface area contributed by atoms with E-state index in [1.807, 2.05) is 40.1 Å². The molecular weight excluding hydrogens is 460 g/mol. The second kappa shape index (κ2) is 8.69. The number of likely N-dealkylation sites (tertiary alicyclic amines) is 2. The topological polar surface area (TPSA) is 89.3 Å². The number of piperidine rings is 1. The highest BCUT2D eigenvalue weighted by atomic mass is 16.5. The number of esters is 1. The van der Waals surface area contributed by atoms with Crippen LogP contribution in [0, 0.1) is 5.41 Å². The van der Waals surface area contributed by atoms with Crippen LogP contribution in [0.15, 0.2) is 52.9 Å². The van der Waals surface area contributed by atoms with Crippen molar-refractivity contribution >= 4 is 28.8 Å². The van der Waals surface area contributed by atoms with Gasteiger partial charge >= 0.3 is 5.97 Å². The molecule has 0 aliphatic carbocycles. The van der Waals surface area contributed by atoms with Gasteiger partial charge in [0, 0.05) is 37.1 Å². The molecule has 0 N–H and O–H groups in total. The zero-order valence-corrected chi connectivity index (χ0v) is 20.2. The number of para-hydroxylation sites is 1. The Morgan fingerprint density at radius 3 is 2.56 bits per heavy atom. The number of amides is 2. The summed E-state index contributed by atoms with van der Waals surface area (Å²) >= 11 is 0. The summed E-state index contributed by atoms with van der Waals surface area (Å²) in [6, 6.07) is 14.6. The summed E-state index contributed by atoms with van der Waals surface area (Å²) in [5.41, 5.74) is 1.94. The van der Waals surface area contributed by atoms with Crippen LogP contribution in [0.4, 0.5) is 0 Å². The van der Waals surface area contributed by atoms with Gasteiger partial charge < -0.3 is 23.7 Å². The Bertz CT molecular complexity index is 1350. The van der Waals surface area contributed by atoms with Gasteiger partial charge in [-0.15, -0.1) is 0 Å². The Balaban J connectivity index is 1.07. The van der Waals surface area contributed by atoms with E-state index in [0.29, 0.717) is 48.8 Å². The smallest absolute Gasteiger partial charge is 0.339 e. The van der Waals surface area contributed by atoms with Crippen molar-refractivity contribution in [3.8, 4) is 5.75 Å². The zero-order chi connectivity index (χ0) is 24.9. The molecule has 0 radical (unpaired) electrons. The molecule has 0 saturated carbocycles. The minimum atomic E-state index is -0.514. The van der Waals surface area contributed by atoms with E-state index < -0.39 is 6.10 Å². The lowest BCUT2D eigenvalue weighted by Crippen LogP contribution is -2.44. The average Bonchev–Trinajstić information content (AvgIpc) is 3.60. The number of hydrogen-bond donors (Lipinski definition) is 0. The van der Waals surface area contributed by atoms with Crippen LogP contribution < -0.4 is 4.74 Å². The van der Waals surface area contributed by atoms with Gasteiger partial charge in [-0.3, -0.25) is 9.59 Å². The van der Waals surface area contributed by atoms with Crippen LogP contribution in [0.2, 0.25) is 0 Å². The SMILES string of the molecule is COc1cccc2cc(C(=O)N3CCC4(CCN(C(=O)CC5OC(=O)c6ccccc65)C4)CC3)oc12. The number of fused-ring (bicyclic) bond motifs is 2.